The summed E-state index contributed by atoms with van der Waals surface area (Å²) in [6.07, 6.45) is 0.847. The van der Waals surface area contributed by atoms with Crippen LogP contribution in [0.2, 0.25) is 0 Å². The van der Waals surface area contributed by atoms with Crippen molar-refractivity contribution in [1.82, 2.24) is 30.4 Å². The predicted octanol–water partition coefficient (Wildman–Crippen LogP) is 3.07. The number of hydrogen-bond acceptors (Lipinski definition) is 6. The first-order valence-electron chi connectivity index (χ1n) is 11.5. The smallest absolute Gasteiger partial charge is 0.247 e. The second-order valence-electron chi connectivity index (χ2n) is 8.67. The monoisotopic (exact) mass is 482 g/mol. The molecular formula is C25H31FN6O3. The summed E-state index contributed by atoms with van der Waals surface area (Å²) in [7, 11) is 1.58. The molecule has 0 fully saturated rings. The van der Waals surface area contributed by atoms with Crippen molar-refractivity contribution in [3.8, 4) is 17.1 Å². The van der Waals surface area contributed by atoms with Gasteiger partial charge in [0.25, 0.3) is 0 Å². The number of carbonyl (C=O) groups excluding carboxylic acids is 2. The molecule has 0 spiro atoms. The van der Waals surface area contributed by atoms with Gasteiger partial charge in [-0.1, -0.05) is 26.0 Å². The molecule has 0 aliphatic heterocycles. The van der Waals surface area contributed by atoms with Gasteiger partial charge in [0.15, 0.2) is 0 Å². The third-order valence-corrected chi connectivity index (χ3v) is 5.53. The van der Waals surface area contributed by atoms with Crippen molar-refractivity contribution in [3.63, 3.8) is 0 Å². The van der Waals surface area contributed by atoms with E-state index < -0.39 is 6.04 Å². The quantitative estimate of drug-likeness (QED) is 0.451. The van der Waals surface area contributed by atoms with Crippen molar-refractivity contribution >= 4 is 11.8 Å². The molecule has 1 N–H and O–H groups in total. The van der Waals surface area contributed by atoms with E-state index in [-0.39, 0.29) is 36.5 Å². The zero-order chi connectivity index (χ0) is 25.4. The van der Waals surface area contributed by atoms with E-state index in [9.17, 15) is 14.0 Å². The van der Waals surface area contributed by atoms with Gasteiger partial charge in [-0.3, -0.25) is 9.59 Å². The Bertz CT molecular complexity index is 1110. The minimum atomic E-state index is -0.711. The van der Waals surface area contributed by atoms with Gasteiger partial charge < -0.3 is 15.0 Å². The van der Waals surface area contributed by atoms with E-state index in [0.717, 1.165) is 12.0 Å². The first kappa shape index (κ1) is 25.8. The summed E-state index contributed by atoms with van der Waals surface area (Å²) in [5, 5.41) is 15.1. The van der Waals surface area contributed by atoms with E-state index in [4.69, 9.17) is 4.74 Å². The summed E-state index contributed by atoms with van der Waals surface area (Å²) in [4.78, 5) is 28.8. The fourth-order valence-corrected chi connectivity index (χ4v) is 3.38. The van der Waals surface area contributed by atoms with Gasteiger partial charge in [0.05, 0.1) is 7.11 Å². The molecule has 0 aliphatic carbocycles. The molecule has 0 saturated heterocycles. The van der Waals surface area contributed by atoms with Crippen LogP contribution in [0.25, 0.3) is 11.4 Å². The van der Waals surface area contributed by atoms with Crippen LogP contribution in [0.15, 0.2) is 48.5 Å². The highest BCUT2D eigenvalue weighted by atomic mass is 19.1. The number of aromatic nitrogens is 4. The Morgan fingerprint density at radius 2 is 1.77 bits per heavy atom. The second kappa shape index (κ2) is 12.0. The van der Waals surface area contributed by atoms with Gasteiger partial charge in [-0.2, -0.15) is 4.80 Å². The molecule has 0 aliphatic rings. The zero-order valence-electron chi connectivity index (χ0n) is 20.4. The molecule has 186 valence electrons. The van der Waals surface area contributed by atoms with Gasteiger partial charge in [-0.05, 0) is 66.4 Å². The number of nitrogens with zero attached hydrogens (tertiary/aromatic N) is 5. The van der Waals surface area contributed by atoms with Crippen LogP contribution in [0.4, 0.5) is 4.39 Å². The number of amides is 2. The molecule has 2 amide bonds. The van der Waals surface area contributed by atoms with Gasteiger partial charge in [0.2, 0.25) is 17.6 Å². The second-order valence-corrected chi connectivity index (χ2v) is 8.67. The van der Waals surface area contributed by atoms with Crippen molar-refractivity contribution in [1.29, 1.82) is 0 Å². The van der Waals surface area contributed by atoms with Crippen molar-refractivity contribution in [2.24, 2.45) is 5.92 Å². The molecule has 35 heavy (non-hydrogen) atoms. The lowest BCUT2D eigenvalue weighted by Gasteiger charge is -2.28. The maximum absolute atomic E-state index is 13.3. The van der Waals surface area contributed by atoms with Gasteiger partial charge >= 0.3 is 0 Å². The molecule has 9 nitrogen and oxygen atoms in total. The number of tetrazole rings is 1. The molecular weight excluding hydrogens is 451 g/mol. The number of nitrogens with one attached hydrogen (secondary N) is 1. The van der Waals surface area contributed by atoms with Crippen LogP contribution in [-0.4, -0.2) is 56.6 Å². The topological polar surface area (TPSA) is 102 Å². The molecule has 0 radical (unpaired) electrons. The first-order chi connectivity index (χ1) is 16.8. The van der Waals surface area contributed by atoms with E-state index in [2.05, 4.69) is 34.6 Å². The summed E-state index contributed by atoms with van der Waals surface area (Å²) >= 11 is 0. The Morgan fingerprint density at radius 3 is 2.40 bits per heavy atom. The SMILES string of the molecule is COc1ccc(CN(C(=O)Cn2nnc(-c3ccc(F)cc3)n2)[C@H](C)C(=O)NCCC(C)C)cc1. The van der Waals surface area contributed by atoms with Crippen LogP contribution in [0, 0.1) is 11.7 Å². The predicted molar refractivity (Wildman–Crippen MR) is 129 cm³/mol. The Balaban J connectivity index is 1.75. The molecule has 0 unspecified atom stereocenters. The van der Waals surface area contributed by atoms with E-state index in [1.54, 1.807) is 26.2 Å². The summed E-state index contributed by atoms with van der Waals surface area (Å²) < 4.78 is 18.4. The maximum Gasteiger partial charge on any atom is 0.247 e. The molecule has 0 bridgehead atoms. The average Bonchev–Trinajstić information content (AvgIpc) is 3.30. The molecule has 1 atom stereocenters. The van der Waals surface area contributed by atoms with Crippen LogP contribution in [0.3, 0.4) is 0 Å². The van der Waals surface area contributed by atoms with E-state index in [1.165, 1.54) is 34.0 Å². The lowest BCUT2D eigenvalue weighted by atomic mass is 10.1. The van der Waals surface area contributed by atoms with Gasteiger partial charge in [0.1, 0.15) is 24.2 Å². The van der Waals surface area contributed by atoms with E-state index in [0.29, 0.717) is 23.8 Å². The number of benzene rings is 2. The van der Waals surface area contributed by atoms with Crippen LogP contribution in [-0.2, 0) is 22.7 Å². The lowest BCUT2D eigenvalue weighted by molar-refractivity contribution is -0.141. The Kier molecular flexibility index (Phi) is 8.88. The summed E-state index contributed by atoms with van der Waals surface area (Å²) in [6, 6.07) is 12.3. The molecule has 10 heteroatoms. The van der Waals surface area contributed by atoms with Gasteiger partial charge in [-0.25, -0.2) is 4.39 Å². The van der Waals surface area contributed by atoms with E-state index in [1.807, 2.05) is 12.1 Å². The number of ether oxygens (including phenoxy) is 1. The molecule has 1 heterocycles. The summed E-state index contributed by atoms with van der Waals surface area (Å²) in [5.41, 5.74) is 1.43. The minimum Gasteiger partial charge on any atom is -0.497 e. The van der Waals surface area contributed by atoms with Crippen LogP contribution in [0.5, 0.6) is 5.75 Å². The van der Waals surface area contributed by atoms with Gasteiger partial charge in [0, 0.05) is 18.7 Å². The number of methoxy groups -OCH3 is 1. The molecule has 3 aromatic rings. The fraction of sp³-hybridized carbons (Fsp3) is 0.400. The highest BCUT2D eigenvalue weighted by Crippen LogP contribution is 2.16. The summed E-state index contributed by atoms with van der Waals surface area (Å²) in [5.74, 6) is 0.495. The average molecular weight is 483 g/mol. The van der Waals surface area contributed by atoms with Crippen molar-refractivity contribution in [2.75, 3.05) is 13.7 Å². The third-order valence-electron chi connectivity index (χ3n) is 5.53. The zero-order valence-corrected chi connectivity index (χ0v) is 20.4. The minimum absolute atomic E-state index is 0.200. The normalized spacial score (nSPS) is 11.8. The van der Waals surface area contributed by atoms with Crippen LogP contribution >= 0.6 is 0 Å². The number of rotatable bonds is 11. The molecule has 1 aromatic heterocycles. The van der Waals surface area contributed by atoms with Crippen molar-refractivity contribution < 1.29 is 18.7 Å². The van der Waals surface area contributed by atoms with Crippen LogP contribution in [0.1, 0.15) is 32.8 Å². The van der Waals surface area contributed by atoms with Gasteiger partial charge in [-0.15, -0.1) is 10.2 Å². The summed E-state index contributed by atoms with van der Waals surface area (Å²) in [6.45, 7) is 6.43. The van der Waals surface area contributed by atoms with Crippen molar-refractivity contribution in [3.05, 3.63) is 59.9 Å². The first-order valence-corrected chi connectivity index (χ1v) is 11.5. The molecule has 0 saturated carbocycles. The Morgan fingerprint density at radius 1 is 1.09 bits per heavy atom. The number of halogens is 1. The number of carbonyl (C=O) groups is 2. The molecule has 2 aromatic carbocycles. The lowest BCUT2D eigenvalue weighted by Crippen LogP contribution is -2.49. The Labute approximate surface area is 204 Å². The largest absolute Gasteiger partial charge is 0.497 e. The third kappa shape index (κ3) is 7.33. The van der Waals surface area contributed by atoms with Crippen LogP contribution < -0.4 is 10.1 Å². The Hall–Kier alpha value is -3.82. The fourth-order valence-electron chi connectivity index (χ4n) is 3.38. The highest BCUT2D eigenvalue weighted by Gasteiger charge is 2.27. The van der Waals surface area contributed by atoms with E-state index >= 15 is 0 Å². The molecule has 3 rings (SSSR count). The van der Waals surface area contributed by atoms with Crippen molar-refractivity contribution in [2.45, 2.75) is 46.3 Å². The number of hydrogen-bond donors (Lipinski definition) is 1. The maximum atomic E-state index is 13.3. The highest BCUT2D eigenvalue weighted by molar-refractivity contribution is 5.87. The standard InChI is InChI=1S/C25H31FN6O3/c1-17(2)13-14-27-25(34)18(3)31(15-19-5-11-22(35-4)12-6-19)23(33)16-32-29-24(28-30-32)20-7-9-21(26)10-8-20/h5-12,17-18H,13-16H2,1-4H3,(H,27,34)/t18-/m1/s1.